The van der Waals surface area contributed by atoms with Crippen molar-refractivity contribution >= 4 is 34.9 Å². The van der Waals surface area contributed by atoms with Crippen LogP contribution in [0.25, 0.3) is 0 Å². The van der Waals surface area contributed by atoms with Crippen LogP contribution < -0.4 is 19.7 Å². The van der Waals surface area contributed by atoms with Crippen LogP contribution in [0.5, 0.6) is 11.5 Å². The third-order valence-electron chi connectivity index (χ3n) is 4.62. The van der Waals surface area contributed by atoms with Gasteiger partial charge in [0.1, 0.15) is 11.5 Å². The van der Waals surface area contributed by atoms with E-state index in [0.717, 1.165) is 11.3 Å². The molecular formula is C18H16Cl2N2O3. The summed E-state index contributed by atoms with van der Waals surface area (Å²) in [4.78, 5) is 14.4. The Morgan fingerprint density at radius 1 is 1.28 bits per heavy atom. The van der Waals surface area contributed by atoms with E-state index in [9.17, 15) is 4.79 Å². The highest BCUT2D eigenvalue weighted by Crippen LogP contribution is 2.49. The number of rotatable bonds is 2. The van der Waals surface area contributed by atoms with Crippen LogP contribution in [0.3, 0.4) is 0 Å². The van der Waals surface area contributed by atoms with Crippen molar-refractivity contribution in [2.75, 3.05) is 12.0 Å². The van der Waals surface area contributed by atoms with E-state index in [0.29, 0.717) is 27.9 Å². The number of amides is 2. The van der Waals surface area contributed by atoms with E-state index in [1.54, 1.807) is 24.1 Å². The minimum atomic E-state index is -0.855. The van der Waals surface area contributed by atoms with Crippen LogP contribution in [0, 0.1) is 0 Å². The molecule has 1 fully saturated rings. The summed E-state index contributed by atoms with van der Waals surface area (Å²) >= 11 is 12.4. The first-order chi connectivity index (χ1) is 11.9. The summed E-state index contributed by atoms with van der Waals surface area (Å²) in [6.07, 6.45) is 0.578. The molecule has 7 heteroatoms. The van der Waals surface area contributed by atoms with Crippen molar-refractivity contribution in [2.45, 2.75) is 25.1 Å². The molecule has 0 aliphatic carbocycles. The van der Waals surface area contributed by atoms with Gasteiger partial charge in [-0.3, -0.25) is 4.90 Å². The Labute approximate surface area is 155 Å². The number of hydrogen-bond donors (Lipinski definition) is 1. The van der Waals surface area contributed by atoms with Crippen molar-refractivity contribution in [1.29, 1.82) is 0 Å². The molecule has 0 radical (unpaired) electrons. The maximum absolute atomic E-state index is 12.8. The number of methoxy groups -OCH3 is 1. The fourth-order valence-corrected chi connectivity index (χ4v) is 4.06. The van der Waals surface area contributed by atoms with Crippen molar-refractivity contribution in [1.82, 2.24) is 5.32 Å². The van der Waals surface area contributed by atoms with Crippen LogP contribution in [0.4, 0.5) is 10.5 Å². The van der Waals surface area contributed by atoms with Gasteiger partial charge >= 0.3 is 6.03 Å². The third kappa shape index (κ3) is 2.58. The fourth-order valence-electron chi connectivity index (χ4n) is 3.51. The van der Waals surface area contributed by atoms with Gasteiger partial charge in [-0.05, 0) is 43.3 Å². The average molecular weight is 379 g/mol. The molecule has 2 aliphatic rings. The van der Waals surface area contributed by atoms with Gasteiger partial charge in [0.05, 0.1) is 18.2 Å². The Balaban J connectivity index is 1.78. The second kappa shape index (κ2) is 5.71. The van der Waals surface area contributed by atoms with Gasteiger partial charge in [0.2, 0.25) is 0 Å². The first-order valence-corrected chi connectivity index (χ1v) is 8.59. The highest BCUT2D eigenvalue weighted by Gasteiger charge is 2.50. The smallest absolute Gasteiger partial charge is 0.325 e. The number of hydrogen-bond acceptors (Lipinski definition) is 3. The van der Waals surface area contributed by atoms with Gasteiger partial charge in [0, 0.05) is 22.7 Å². The van der Waals surface area contributed by atoms with E-state index < -0.39 is 5.72 Å². The number of nitrogens with zero attached hydrogens (tertiary/aromatic N) is 1. The summed E-state index contributed by atoms with van der Waals surface area (Å²) in [5.74, 6) is 1.28. The number of carbonyl (C=O) groups excluding carboxylic acids is 1. The molecule has 5 nitrogen and oxygen atoms in total. The van der Waals surface area contributed by atoms with Crippen LogP contribution in [0.2, 0.25) is 10.0 Å². The average Bonchev–Trinajstić information content (AvgIpc) is 2.56. The number of ether oxygens (including phenoxy) is 2. The lowest BCUT2D eigenvalue weighted by Gasteiger charge is -2.50. The number of fused-ring (bicyclic) bond motifs is 4. The van der Waals surface area contributed by atoms with E-state index in [2.05, 4.69) is 5.32 Å². The lowest BCUT2D eigenvalue weighted by molar-refractivity contribution is 0.0380. The first-order valence-electron chi connectivity index (χ1n) is 7.84. The maximum atomic E-state index is 12.8. The van der Waals surface area contributed by atoms with Gasteiger partial charge in [0.15, 0.2) is 5.72 Å². The molecule has 0 aromatic heterocycles. The molecule has 2 atom stereocenters. The van der Waals surface area contributed by atoms with Gasteiger partial charge in [-0.1, -0.05) is 23.2 Å². The zero-order valence-corrected chi connectivity index (χ0v) is 15.2. The summed E-state index contributed by atoms with van der Waals surface area (Å²) in [5, 5.41) is 3.97. The number of anilines is 1. The van der Waals surface area contributed by atoms with Crippen molar-refractivity contribution in [3.63, 3.8) is 0 Å². The largest absolute Gasteiger partial charge is 0.497 e. The van der Waals surface area contributed by atoms with Crippen LogP contribution in [0.15, 0.2) is 36.4 Å². The van der Waals surface area contributed by atoms with Gasteiger partial charge in [0.25, 0.3) is 0 Å². The third-order valence-corrected chi connectivity index (χ3v) is 5.12. The van der Waals surface area contributed by atoms with E-state index in [1.165, 1.54) is 0 Å². The number of urea groups is 1. The Hall–Kier alpha value is -2.11. The molecule has 2 bridgehead atoms. The number of carbonyl (C=O) groups is 1. The van der Waals surface area contributed by atoms with E-state index in [4.69, 9.17) is 32.7 Å². The minimum absolute atomic E-state index is 0.202. The van der Waals surface area contributed by atoms with Crippen LogP contribution >= 0.6 is 23.2 Å². The predicted octanol–water partition coefficient (Wildman–Crippen LogP) is 4.77. The Morgan fingerprint density at radius 3 is 2.68 bits per heavy atom. The molecule has 2 aromatic carbocycles. The molecule has 4 rings (SSSR count). The standard InChI is InChI=1S/C18H16Cl2N2O3/c1-18-9-15(13-7-10(19)8-14(20)16(13)25-18)21-17(23)22(18)11-3-5-12(24-2)6-4-11/h3-8,15H,9H2,1-2H3,(H,21,23)/t15-,18-/m1/s1. The topological polar surface area (TPSA) is 50.8 Å². The molecule has 0 unspecified atom stereocenters. The van der Waals surface area contributed by atoms with Gasteiger partial charge < -0.3 is 14.8 Å². The monoisotopic (exact) mass is 378 g/mol. The highest BCUT2D eigenvalue weighted by atomic mass is 35.5. The van der Waals surface area contributed by atoms with Gasteiger partial charge in [-0.25, -0.2) is 4.79 Å². The molecule has 2 heterocycles. The Kier molecular flexibility index (Phi) is 3.74. The second-order valence-electron chi connectivity index (χ2n) is 6.32. The summed E-state index contributed by atoms with van der Waals surface area (Å²) in [6.45, 7) is 1.89. The number of halogens is 2. The van der Waals surface area contributed by atoms with Gasteiger partial charge in [-0.2, -0.15) is 0 Å². The van der Waals surface area contributed by atoms with Crippen molar-refractivity contribution in [3.05, 3.63) is 52.0 Å². The fraction of sp³-hybridized carbons (Fsp3) is 0.278. The van der Waals surface area contributed by atoms with Crippen molar-refractivity contribution in [3.8, 4) is 11.5 Å². The Bertz CT molecular complexity index is 856. The van der Waals surface area contributed by atoms with Crippen molar-refractivity contribution in [2.24, 2.45) is 0 Å². The summed E-state index contributed by atoms with van der Waals surface area (Å²) in [6, 6.07) is 10.3. The normalized spacial score (nSPS) is 24.2. The summed E-state index contributed by atoms with van der Waals surface area (Å²) in [7, 11) is 1.60. The van der Waals surface area contributed by atoms with Gasteiger partial charge in [-0.15, -0.1) is 0 Å². The Morgan fingerprint density at radius 2 is 2.00 bits per heavy atom. The zero-order valence-electron chi connectivity index (χ0n) is 13.7. The molecule has 0 saturated carbocycles. The SMILES string of the molecule is COc1ccc(N2C(=O)N[C@@H]3C[C@@]2(C)Oc2c(Cl)cc(Cl)cc23)cc1. The van der Waals surface area contributed by atoms with Crippen LogP contribution in [-0.2, 0) is 0 Å². The molecule has 25 heavy (non-hydrogen) atoms. The lowest BCUT2D eigenvalue weighted by atomic mass is 9.90. The molecule has 0 spiro atoms. The maximum Gasteiger partial charge on any atom is 0.325 e. The molecule has 2 aromatic rings. The quantitative estimate of drug-likeness (QED) is 0.818. The highest BCUT2D eigenvalue weighted by molar-refractivity contribution is 6.35. The van der Waals surface area contributed by atoms with E-state index in [1.807, 2.05) is 31.2 Å². The van der Waals surface area contributed by atoms with Crippen LogP contribution in [-0.4, -0.2) is 18.9 Å². The van der Waals surface area contributed by atoms with Crippen molar-refractivity contribution < 1.29 is 14.3 Å². The number of benzene rings is 2. The molecular weight excluding hydrogens is 363 g/mol. The first kappa shape index (κ1) is 16.4. The molecule has 1 saturated heterocycles. The predicted molar refractivity (Wildman–Crippen MR) is 96.9 cm³/mol. The second-order valence-corrected chi connectivity index (χ2v) is 7.17. The zero-order chi connectivity index (χ0) is 17.8. The summed E-state index contributed by atoms with van der Waals surface area (Å²) < 4.78 is 11.4. The molecule has 2 aliphatic heterocycles. The molecule has 130 valence electrons. The minimum Gasteiger partial charge on any atom is -0.497 e. The molecule has 1 N–H and O–H groups in total. The van der Waals surface area contributed by atoms with Crippen LogP contribution in [0.1, 0.15) is 24.9 Å². The lowest BCUT2D eigenvalue weighted by Crippen LogP contribution is -2.65. The van der Waals surface area contributed by atoms with E-state index >= 15 is 0 Å². The number of nitrogens with one attached hydrogen (secondary N) is 1. The van der Waals surface area contributed by atoms with E-state index in [-0.39, 0.29) is 12.1 Å². The summed E-state index contributed by atoms with van der Waals surface area (Å²) in [5.41, 5.74) is 0.664. The molecule has 2 amide bonds.